The van der Waals surface area contributed by atoms with Gasteiger partial charge in [-0.2, -0.15) is 13.2 Å². The number of oxazole rings is 1. The zero-order valence-electron chi connectivity index (χ0n) is 11.6. The second-order valence-corrected chi connectivity index (χ2v) is 5.61. The molecule has 23 heavy (non-hydrogen) atoms. The first-order valence-electron chi connectivity index (χ1n) is 6.56. The lowest BCUT2D eigenvalue weighted by atomic mass is 10.4. The minimum Gasteiger partial charge on any atom is -0.441 e. The number of carbonyl (C=O) groups is 1. The van der Waals surface area contributed by atoms with Gasteiger partial charge in [0.2, 0.25) is 0 Å². The number of nitrogens with one attached hydrogen (secondary N) is 1. The number of hydrogen-bond donors (Lipinski definition) is 1. The monoisotopic (exact) mass is 348 g/mol. The first kappa shape index (κ1) is 15.7. The molecule has 0 spiro atoms. The predicted octanol–water partition coefficient (Wildman–Crippen LogP) is 2.24. The predicted molar refractivity (Wildman–Crippen MR) is 74.6 cm³/mol. The van der Waals surface area contributed by atoms with Gasteiger partial charge in [0, 0.05) is 13.1 Å². The maximum absolute atomic E-state index is 12.4. The van der Waals surface area contributed by atoms with Crippen molar-refractivity contribution in [1.29, 1.82) is 0 Å². The Bertz CT molecular complexity index is 694. The number of halogens is 3. The van der Waals surface area contributed by atoms with Crippen LogP contribution in [0.5, 0.6) is 0 Å². The van der Waals surface area contributed by atoms with Gasteiger partial charge in [0.15, 0.2) is 10.8 Å². The highest BCUT2D eigenvalue weighted by Gasteiger charge is 2.37. The maximum atomic E-state index is 12.4. The summed E-state index contributed by atoms with van der Waals surface area (Å²) in [5.74, 6) is -2.25. The molecule has 11 heteroatoms. The van der Waals surface area contributed by atoms with E-state index in [4.69, 9.17) is 4.74 Å². The lowest BCUT2D eigenvalue weighted by Crippen LogP contribution is -2.36. The first-order valence-corrected chi connectivity index (χ1v) is 7.38. The molecule has 0 bridgehead atoms. The van der Waals surface area contributed by atoms with Crippen molar-refractivity contribution in [1.82, 2.24) is 9.97 Å². The first-order chi connectivity index (χ1) is 10.9. The van der Waals surface area contributed by atoms with Crippen molar-refractivity contribution in [2.45, 2.75) is 6.18 Å². The van der Waals surface area contributed by atoms with Gasteiger partial charge in [-0.05, 0) is 0 Å². The Morgan fingerprint density at radius 3 is 2.74 bits per heavy atom. The Hall–Kier alpha value is -2.14. The third kappa shape index (κ3) is 3.62. The largest absolute Gasteiger partial charge is 0.468 e. The van der Waals surface area contributed by atoms with Crippen molar-refractivity contribution in [3.8, 4) is 0 Å². The fraction of sp³-hybridized carbons (Fsp3) is 0.417. The highest BCUT2D eigenvalue weighted by molar-refractivity contribution is 7.19. The Labute approximate surface area is 132 Å². The van der Waals surface area contributed by atoms with Crippen LogP contribution in [0.25, 0.3) is 0 Å². The number of hydrogen-bond acceptors (Lipinski definition) is 7. The maximum Gasteiger partial charge on any atom is 0.468 e. The van der Waals surface area contributed by atoms with Gasteiger partial charge in [-0.1, -0.05) is 11.3 Å². The zero-order valence-corrected chi connectivity index (χ0v) is 12.4. The van der Waals surface area contributed by atoms with E-state index in [0.29, 0.717) is 42.7 Å². The minimum atomic E-state index is -4.73. The normalized spacial score (nSPS) is 15.7. The number of morpholine rings is 1. The molecule has 1 aliphatic heterocycles. The highest BCUT2D eigenvalue weighted by Crippen LogP contribution is 2.29. The van der Waals surface area contributed by atoms with Crippen LogP contribution in [0.15, 0.2) is 16.9 Å². The van der Waals surface area contributed by atoms with E-state index < -0.39 is 23.7 Å². The van der Waals surface area contributed by atoms with Gasteiger partial charge in [-0.25, -0.2) is 9.97 Å². The van der Waals surface area contributed by atoms with Gasteiger partial charge >= 0.3 is 12.1 Å². The van der Waals surface area contributed by atoms with E-state index in [0.717, 1.165) is 0 Å². The molecule has 1 amide bonds. The van der Waals surface area contributed by atoms with Crippen molar-refractivity contribution in [2.75, 3.05) is 36.5 Å². The summed E-state index contributed by atoms with van der Waals surface area (Å²) in [7, 11) is 0. The zero-order chi connectivity index (χ0) is 16.4. The highest BCUT2D eigenvalue weighted by atomic mass is 32.1. The second-order valence-electron chi connectivity index (χ2n) is 4.60. The summed E-state index contributed by atoms with van der Waals surface area (Å²) < 4.78 is 46.7. The van der Waals surface area contributed by atoms with E-state index in [9.17, 15) is 18.0 Å². The Kier molecular flexibility index (Phi) is 4.22. The van der Waals surface area contributed by atoms with Gasteiger partial charge in [-0.3, -0.25) is 4.79 Å². The molecule has 0 aromatic carbocycles. The SMILES string of the molecule is O=C(Nc1cnc(N2CCOCC2)s1)c1coc(C(F)(F)F)n1. The lowest BCUT2D eigenvalue weighted by molar-refractivity contribution is -0.157. The van der Waals surface area contributed by atoms with Crippen LogP contribution in [0.3, 0.4) is 0 Å². The van der Waals surface area contributed by atoms with Crippen LogP contribution in [0.2, 0.25) is 0 Å². The van der Waals surface area contributed by atoms with Gasteiger partial charge in [0.05, 0.1) is 19.4 Å². The van der Waals surface area contributed by atoms with E-state index in [1.54, 1.807) is 0 Å². The molecule has 2 aromatic heterocycles. The van der Waals surface area contributed by atoms with Crippen molar-refractivity contribution >= 4 is 27.4 Å². The number of alkyl halides is 3. The fourth-order valence-corrected chi connectivity index (χ4v) is 2.77. The van der Waals surface area contributed by atoms with Crippen molar-refractivity contribution in [3.63, 3.8) is 0 Å². The average Bonchev–Trinajstić information content (AvgIpc) is 3.17. The smallest absolute Gasteiger partial charge is 0.441 e. The van der Waals surface area contributed by atoms with Gasteiger partial charge in [0.25, 0.3) is 5.91 Å². The van der Waals surface area contributed by atoms with Crippen LogP contribution < -0.4 is 10.2 Å². The molecule has 2 aromatic rings. The van der Waals surface area contributed by atoms with E-state index in [1.165, 1.54) is 17.5 Å². The summed E-state index contributed by atoms with van der Waals surface area (Å²) in [5.41, 5.74) is -0.446. The summed E-state index contributed by atoms with van der Waals surface area (Å²) in [4.78, 5) is 21.2. The van der Waals surface area contributed by atoms with Crippen molar-refractivity contribution in [3.05, 3.63) is 24.0 Å². The second kappa shape index (κ2) is 6.16. The number of rotatable bonds is 3. The third-order valence-corrected chi connectivity index (χ3v) is 3.96. The molecule has 1 saturated heterocycles. The molecule has 124 valence electrons. The van der Waals surface area contributed by atoms with Gasteiger partial charge < -0.3 is 19.4 Å². The van der Waals surface area contributed by atoms with Crippen LogP contribution in [0, 0.1) is 0 Å². The van der Waals surface area contributed by atoms with E-state index in [-0.39, 0.29) is 0 Å². The van der Waals surface area contributed by atoms with Crippen LogP contribution >= 0.6 is 11.3 Å². The van der Waals surface area contributed by atoms with Crippen LogP contribution in [0.1, 0.15) is 16.4 Å². The lowest BCUT2D eigenvalue weighted by Gasteiger charge is -2.25. The molecule has 0 atom stereocenters. The van der Waals surface area contributed by atoms with E-state index in [1.807, 2.05) is 4.90 Å². The molecule has 1 N–H and O–H groups in total. The molecule has 3 heterocycles. The molecule has 1 aliphatic rings. The number of anilines is 2. The molecular weight excluding hydrogens is 337 g/mol. The number of aromatic nitrogens is 2. The fourth-order valence-electron chi connectivity index (χ4n) is 1.91. The summed E-state index contributed by atoms with van der Waals surface area (Å²) in [5, 5.41) is 3.57. The average molecular weight is 348 g/mol. The number of thiazole rings is 1. The summed E-state index contributed by atoms with van der Waals surface area (Å²) in [6.07, 6.45) is -2.62. The Morgan fingerprint density at radius 2 is 2.09 bits per heavy atom. The molecule has 0 aliphatic carbocycles. The Morgan fingerprint density at radius 1 is 1.35 bits per heavy atom. The van der Waals surface area contributed by atoms with E-state index >= 15 is 0 Å². The standard InChI is InChI=1S/C12H11F3N4O3S/c13-12(14,15)10-17-7(6-22-10)9(20)18-8-5-16-11(23-8)19-1-3-21-4-2-19/h5-6H,1-4H2,(H,18,20). The molecule has 1 fully saturated rings. The van der Waals surface area contributed by atoms with Crippen LogP contribution in [0.4, 0.5) is 23.3 Å². The topological polar surface area (TPSA) is 80.5 Å². The quantitative estimate of drug-likeness (QED) is 0.916. The van der Waals surface area contributed by atoms with Crippen LogP contribution in [-0.2, 0) is 10.9 Å². The third-order valence-electron chi connectivity index (χ3n) is 2.99. The molecular formula is C12H11F3N4O3S. The van der Waals surface area contributed by atoms with Crippen LogP contribution in [-0.4, -0.2) is 42.2 Å². The molecule has 7 nitrogen and oxygen atoms in total. The van der Waals surface area contributed by atoms with Crippen molar-refractivity contribution in [2.24, 2.45) is 0 Å². The van der Waals surface area contributed by atoms with Crippen molar-refractivity contribution < 1.29 is 27.1 Å². The van der Waals surface area contributed by atoms with Gasteiger partial charge in [0.1, 0.15) is 11.3 Å². The molecule has 3 rings (SSSR count). The molecule has 0 unspecified atom stereocenters. The van der Waals surface area contributed by atoms with E-state index in [2.05, 4.69) is 19.7 Å². The Balaban J connectivity index is 1.66. The summed E-state index contributed by atoms with van der Waals surface area (Å²) in [6.45, 7) is 2.58. The molecule has 0 saturated carbocycles. The minimum absolute atomic E-state index is 0.410. The van der Waals surface area contributed by atoms with Gasteiger partial charge in [-0.15, -0.1) is 0 Å². The molecule has 0 radical (unpaired) electrons. The number of ether oxygens (including phenoxy) is 1. The summed E-state index contributed by atoms with van der Waals surface area (Å²) in [6, 6.07) is 0. The number of amides is 1. The number of carbonyl (C=O) groups excluding carboxylic acids is 1. The number of nitrogens with zero attached hydrogens (tertiary/aromatic N) is 3. The summed E-state index contributed by atoms with van der Waals surface area (Å²) >= 11 is 1.22.